The zero-order valence-electron chi connectivity index (χ0n) is 13.0. The molecule has 0 aliphatic heterocycles. The van der Waals surface area contributed by atoms with Crippen LogP contribution in [0.5, 0.6) is 5.75 Å². The maximum Gasteiger partial charge on any atom is 0.272 e. The largest absolute Gasteiger partial charge is 0.492 e. The zero-order chi connectivity index (χ0) is 16.1. The van der Waals surface area contributed by atoms with Gasteiger partial charge in [-0.05, 0) is 24.3 Å². The van der Waals surface area contributed by atoms with E-state index in [4.69, 9.17) is 4.74 Å². The van der Waals surface area contributed by atoms with Gasteiger partial charge in [-0.3, -0.25) is 4.79 Å². The van der Waals surface area contributed by atoms with Crippen LogP contribution in [0.1, 0.15) is 10.5 Å². The minimum absolute atomic E-state index is 0.104. The molecule has 0 N–H and O–H groups in total. The van der Waals surface area contributed by atoms with Gasteiger partial charge in [0.2, 0.25) is 0 Å². The third-order valence-corrected chi connectivity index (χ3v) is 3.60. The quantitative estimate of drug-likeness (QED) is 0.725. The Morgan fingerprint density at radius 3 is 2.57 bits per heavy atom. The van der Waals surface area contributed by atoms with Gasteiger partial charge in [-0.2, -0.15) is 0 Å². The summed E-state index contributed by atoms with van der Waals surface area (Å²) >= 11 is 0. The Labute approximate surface area is 135 Å². The minimum Gasteiger partial charge on any atom is -0.492 e. The molecular formula is C19H18N2O2. The van der Waals surface area contributed by atoms with E-state index in [1.165, 1.54) is 0 Å². The monoisotopic (exact) mass is 306 g/mol. The fraction of sp³-hybridized carbons (Fsp3) is 0.158. The molecule has 1 heterocycles. The molecule has 0 saturated heterocycles. The molecule has 2 aromatic carbocycles. The Hall–Kier alpha value is -2.88. The number of pyridine rings is 1. The molecule has 1 aromatic heterocycles. The van der Waals surface area contributed by atoms with E-state index in [0.717, 1.165) is 16.7 Å². The number of amides is 1. The van der Waals surface area contributed by atoms with E-state index in [-0.39, 0.29) is 5.91 Å². The molecule has 0 fully saturated rings. The zero-order valence-corrected chi connectivity index (χ0v) is 13.0. The molecule has 3 aromatic rings. The normalized spacial score (nSPS) is 10.5. The number of carbonyl (C=O) groups is 1. The highest BCUT2D eigenvalue weighted by Gasteiger charge is 2.13. The summed E-state index contributed by atoms with van der Waals surface area (Å²) in [5, 5.41) is 1.03. The number of rotatable bonds is 5. The van der Waals surface area contributed by atoms with Gasteiger partial charge in [0.15, 0.2) is 0 Å². The summed E-state index contributed by atoms with van der Waals surface area (Å²) in [5.41, 5.74) is 1.28. The van der Waals surface area contributed by atoms with Crippen molar-refractivity contribution in [2.24, 2.45) is 0 Å². The fourth-order valence-electron chi connectivity index (χ4n) is 2.30. The van der Waals surface area contributed by atoms with Crippen molar-refractivity contribution in [2.45, 2.75) is 0 Å². The molecule has 0 bridgehead atoms. The van der Waals surface area contributed by atoms with Crippen molar-refractivity contribution in [3.05, 3.63) is 72.4 Å². The second kappa shape index (κ2) is 6.92. The van der Waals surface area contributed by atoms with Gasteiger partial charge in [0.1, 0.15) is 18.1 Å². The van der Waals surface area contributed by atoms with Crippen LogP contribution in [0.3, 0.4) is 0 Å². The molecule has 0 aliphatic carbocycles. The van der Waals surface area contributed by atoms with Crippen LogP contribution >= 0.6 is 0 Å². The number of hydrogen-bond donors (Lipinski definition) is 0. The number of fused-ring (bicyclic) bond motifs is 1. The predicted molar refractivity (Wildman–Crippen MR) is 90.6 cm³/mol. The third-order valence-electron chi connectivity index (χ3n) is 3.60. The van der Waals surface area contributed by atoms with Gasteiger partial charge in [-0.15, -0.1) is 0 Å². The highest BCUT2D eigenvalue weighted by Crippen LogP contribution is 2.13. The van der Waals surface area contributed by atoms with Crippen LogP contribution in [0, 0.1) is 0 Å². The van der Waals surface area contributed by atoms with Crippen molar-refractivity contribution < 1.29 is 9.53 Å². The number of nitrogens with zero attached hydrogens (tertiary/aromatic N) is 2. The number of carbonyl (C=O) groups excluding carboxylic acids is 1. The second-order valence-electron chi connectivity index (χ2n) is 5.28. The summed E-state index contributed by atoms with van der Waals surface area (Å²) in [7, 11) is 1.76. The van der Waals surface area contributed by atoms with Crippen molar-refractivity contribution >= 4 is 16.8 Å². The fourth-order valence-corrected chi connectivity index (χ4v) is 2.30. The van der Waals surface area contributed by atoms with E-state index in [9.17, 15) is 4.79 Å². The van der Waals surface area contributed by atoms with Crippen molar-refractivity contribution in [3.8, 4) is 5.75 Å². The van der Waals surface area contributed by atoms with Gasteiger partial charge < -0.3 is 9.64 Å². The van der Waals surface area contributed by atoms with Gasteiger partial charge in [-0.1, -0.05) is 42.5 Å². The van der Waals surface area contributed by atoms with Crippen molar-refractivity contribution in [2.75, 3.05) is 20.2 Å². The first-order chi connectivity index (χ1) is 11.2. The predicted octanol–water partition coefficient (Wildman–Crippen LogP) is 3.39. The molecule has 4 heteroatoms. The molecule has 3 rings (SSSR count). The molecule has 23 heavy (non-hydrogen) atoms. The van der Waals surface area contributed by atoms with Crippen LogP contribution in [-0.2, 0) is 0 Å². The summed E-state index contributed by atoms with van der Waals surface area (Å²) in [6, 6.07) is 21.0. The van der Waals surface area contributed by atoms with Crippen LogP contribution in [0.4, 0.5) is 0 Å². The van der Waals surface area contributed by atoms with E-state index >= 15 is 0 Å². The molecule has 0 spiro atoms. The van der Waals surface area contributed by atoms with Crippen LogP contribution in [0.15, 0.2) is 66.7 Å². The van der Waals surface area contributed by atoms with Crippen molar-refractivity contribution in [1.29, 1.82) is 0 Å². The molecular weight excluding hydrogens is 288 g/mol. The Morgan fingerprint density at radius 1 is 1.00 bits per heavy atom. The summed E-state index contributed by atoms with van der Waals surface area (Å²) in [5.74, 6) is 0.699. The minimum atomic E-state index is -0.104. The average molecular weight is 306 g/mol. The SMILES string of the molecule is CN(CCOc1ccccc1)C(=O)c1ccc2ccccc2n1. The van der Waals surface area contributed by atoms with Gasteiger partial charge >= 0.3 is 0 Å². The lowest BCUT2D eigenvalue weighted by Crippen LogP contribution is -2.31. The third kappa shape index (κ3) is 3.66. The number of benzene rings is 2. The van der Waals surface area contributed by atoms with Gasteiger partial charge in [-0.25, -0.2) is 4.98 Å². The highest BCUT2D eigenvalue weighted by atomic mass is 16.5. The summed E-state index contributed by atoms with van der Waals surface area (Å²) < 4.78 is 5.62. The number of likely N-dealkylation sites (N-methyl/N-ethyl adjacent to an activating group) is 1. The van der Waals surface area contributed by atoms with Crippen LogP contribution in [-0.4, -0.2) is 36.0 Å². The Morgan fingerprint density at radius 2 is 1.74 bits per heavy atom. The smallest absolute Gasteiger partial charge is 0.272 e. The molecule has 0 atom stereocenters. The summed E-state index contributed by atoms with van der Waals surface area (Å²) in [6.45, 7) is 0.946. The topological polar surface area (TPSA) is 42.4 Å². The first-order valence-electron chi connectivity index (χ1n) is 7.53. The second-order valence-corrected chi connectivity index (χ2v) is 5.28. The Balaban J connectivity index is 1.61. The van der Waals surface area contributed by atoms with E-state index in [0.29, 0.717) is 18.8 Å². The van der Waals surface area contributed by atoms with Crippen molar-refractivity contribution in [1.82, 2.24) is 9.88 Å². The van der Waals surface area contributed by atoms with Gasteiger partial charge in [0.05, 0.1) is 12.1 Å². The van der Waals surface area contributed by atoms with E-state index in [1.807, 2.05) is 60.7 Å². The molecule has 116 valence electrons. The number of hydrogen-bond acceptors (Lipinski definition) is 3. The first kappa shape index (κ1) is 15.0. The molecule has 0 unspecified atom stereocenters. The standard InChI is InChI=1S/C19H18N2O2/c1-21(13-14-23-16-8-3-2-4-9-16)19(22)18-12-11-15-7-5-6-10-17(15)20-18/h2-12H,13-14H2,1H3. The lowest BCUT2D eigenvalue weighted by molar-refractivity contribution is 0.0768. The van der Waals surface area contributed by atoms with E-state index < -0.39 is 0 Å². The lowest BCUT2D eigenvalue weighted by Gasteiger charge is -2.17. The Kier molecular flexibility index (Phi) is 4.52. The molecule has 4 nitrogen and oxygen atoms in total. The Bertz CT molecular complexity index is 803. The average Bonchev–Trinajstić information content (AvgIpc) is 2.61. The van der Waals surface area contributed by atoms with Crippen LogP contribution in [0.2, 0.25) is 0 Å². The highest BCUT2D eigenvalue weighted by molar-refractivity contribution is 5.94. The number of aromatic nitrogens is 1. The first-order valence-corrected chi connectivity index (χ1v) is 7.53. The maximum atomic E-state index is 12.4. The molecule has 0 saturated carbocycles. The van der Waals surface area contributed by atoms with E-state index in [1.54, 1.807) is 18.0 Å². The van der Waals surface area contributed by atoms with Crippen LogP contribution in [0.25, 0.3) is 10.9 Å². The van der Waals surface area contributed by atoms with Crippen LogP contribution < -0.4 is 4.74 Å². The summed E-state index contributed by atoms with van der Waals surface area (Å²) in [6.07, 6.45) is 0. The molecule has 0 radical (unpaired) electrons. The molecule has 1 amide bonds. The molecule has 0 aliphatic rings. The van der Waals surface area contributed by atoms with E-state index in [2.05, 4.69) is 4.98 Å². The number of ether oxygens (including phenoxy) is 1. The van der Waals surface area contributed by atoms with Gasteiger partial charge in [0, 0.05) is 12.4 Å². The lowest BCUT2D eigenvalue weighted by atomic mass is 10.2. The summed E-state index contributed by atoms with van der Waals surface area (Å²) in [4.78, 5) is 18.5. The maximum absolute atomic E-state index is 12.4. The van der Waals surface area contributed by atoms with Gasteiger partial charge in [0.25, 0.3) is 5.91 Å². The van der Waals surface area contributed by atoms with Crippen molar-refractivity contribution in [3.63, 3.8) is 0 Å². The number of para-hydroxylation sites is 2.